The van der Waals surface area contributed by atoms with Crippen LogP contribution < -0.4 is 4.90 Å². The van der Waals surface area contributed by atoms with Crippen LogP contribution in [0.15, 0.2) is 42.5 Å². The number of aliphatic carboxylic acids is 1. The molecule has 0 aromatic heterocycles. The first-order chi connectivity index (χ1) is 14.0. The van der Waals surface area contributed by atoms with E-state index in [0.717, 1.165) is 29.5 Å². The highest BCUT2D eigenvalue weighted by Gasteiger charge is 2.61. The second-order valence-corrected chi connectivity index (χ2v) is 9.36. The van der Waals surface area contributed by atoms with Crippen LogP contribution in [0, 0.1) is 11.7 Å². The number of nitrogens with zero attached hydrogens (tertiary/aromatic N) is 1. The molecular formula is C24H26FNO4. The molecule has 1 aliphatic carbocycles. The largest absolute Gasteiger partial charge is 0.479 e. The number of hydrogen-bond acceptors (Lipinski definition) is 3. The van der Waals surface area contributed by atoms with Crippen LogP contribution in [-0.2, 0) is 9.53 Å². The third-order valence-electron chi connectivity index (χ3n) is 5.96. The molecule has 1 fully saturated rings. The van der Waals surface area contributed by atoms with E-state index in [9.17, 15) is 19.1 Å². The van der Waals surface area contributed by atoms with Gasteiger partial charge in [0.25, 0.3) is 0 Å². The maximum atomic E-state index is 13.4. The number of anilines is 1. The van der Waals surface area contributed by atoms with E-state index in [4.69, 9.17) is 4.74 Å². The van der Waals surface area contributed by atoms with E-state index in [1.165, 1.54) is 17.0 Å². The fourth-order valence-corrected chi connectivity index (χ4v) is 4.48. The molecule has 0 radical (unpaired) electrons. The normalized spacial score (nSPS) is 23.2. The number of carbonyl (C=O) groups excluding carboxylic acids is 1. The van der Waals surface area contributed by atoms with E-state index in [-0.39, 0.29) is 17.7 Å². The quantitative estimate of drug-likeness (QED) is 0.715. The number of amides is 1. The summed E-state index contributed by atoms with van der Waals surface area (Å²) in [5.74, 6) is -1.47. The Kier molecular flexibility index (Phi) is 4.64. The van der Waals surface area contributed by atoms with Crippen molar-refractivity contribution in [1.82, 2.24) is 0 Å². The molecule has 0 saturated heterocycles. The maximum Gasteiger partial charge on any atom is 0.415 e. The minimum absolute atomic E-state index is 0.217. The number of carboxylic acids is 1. The molecule has 158 valence electrons. The van der Waals surface area contributed by atoms with Crippen LogP contribution in [0.2, 0.25) is 0 Å². The molecule has 4 rings (SSSR count). The summed E-state index contributed by atoms with van der Waals surface area (Å²) in [5, 5.41) is 10.2. The molecule has 1 amide bonds. The lowest BCUT2D eigenvalue weighted by Crippen LogP contribution is -2.56. The van der Waals surface area contributed by atoms with E-state index in [2.05, 4.69) is 0 Å². The Morgan fingerprint density at radius 1 is 1.10 bits per heavy atom. The molecule has 2 atom stereocenters. The third-order valence-corrected chi connectivity index (χ3v) is 5.96. The molecule has 1 aliphatic heterocycles. The Hall–Kier alpha value is -2.89. The van der Waals surface area contributed by atoms with Crippen molar-refractivity contribution in [2.45, 2.75) is 57.6 Å². The van der Waals surface area contributed by atoms with Crippen LogP contribution in [0.3, 0.4) is 0 Å². The first-order valence-corrected chi connectivity index (χ1v) is 10.2. The maximum absolute atomic E-state index is 13.4. The molecule has 30 heavy (non-hydrogen) atoms. The van der Waals surface area contributed by atoms with Crippen molar-refractivity contribution in [3.63, 3.8) is 0 Å². The zero-order valence-electron chi connectivity index (χ0n) is 17.6. The summed E-state index contributed by atoms with van der Waals surface area (Å²) in [4.78, 5) is 27.0. The van der Waals surface area contributed by atoms with E-state index < -0.39 is 23.2 Å². The first-order valence-electron chi connectivity index (χ1n) is 10.2. The van der Waals surface area contributed by atoms with Crippen LogP contribution >= 0.6 is 0 Å². The Bertz CT molecular complexity index is 1010. The average Bonchev–Trinajstić information content (AvgIpc) is 3.43. The molecule has 1 heterocycles. The van der Waals surface area contributed by atoms with Gasteiger partial charge >= 0.3 is 12.1 Å². The standard InChI is InChI=1S/C24H26FNO4/c1-23(2,3)30-22(29)26-19-13-16(14-7-10-17(25)11-8-14)9-12-18(19)20(15-5-6-15)24(26,4)21(27)28/h7-13,15,20H,5-6H2,1-4H3,(H,27,28). The van der Waals surface area contributed by atoms with Gasteiger partial charge in [0, 0.05) is 5.92 Å². The highest BCUT2D eigenvalue weighted by Crippen LogP contribution is 2.58. The lowest BCUT2D eigenvalue weighted by Gasteiger charge is -2.36. The Balaban J connectivity index is 1.87. The molecule has 2 aliphatic rings. The summed E-state index contributed by atoms with van der Waals surface area (Å²) in [6.07, 6.45) is 1.21. The van der Waals surface area contributed by atoms with Crippen molar-refractivity contribution < 1.29 is 23.8 Å². The molecule has 6 heteroatoms. The molecule has 0 spiro atoms. The minimum Gasteiger partial charge on any atom is -0.479 e. The van der Waals surface area contributed by atoms with Gasteiger partial charge in [-0.2, -0.15) is 0 Å². The van der Waals surface area contributed by atoms with Gasteiger partial charge < -0.3 is 9.84 Å². The number of fused-ring (bicyclic) bond motifs is 1. The molecule has 0 bridgehead atoms. The number of carboxylic acid groups (broad SMARTS) is 1. The number of ether oxygens (including phenoxy) is 1. The second kappa shape index (κ2) is 6.83. The number of carbonyl (C=O) groups is 2. The van der Waals surface area contributed by atoms with Crippen molar-refractivity contribution in [2.75, 3.05) is 4.90 Å². The fourth-order valence-electron chi connectivity index (χ4n) is 4.48. The van der Waals surface area contributed by atoms with E-state index in [1.807, 2.05) is 18.2 Å². The molecule has 1 N–H and O–H groups in total. The molecule has 2 aromatic carbocycles. The minimum atomic E-state index is -1.44. The average molecular weight is 411 g/mol. The molecule has 2 aromatic rings. The van der Waals surface area contributed by atoms with E-state index in [0.29, 0.717) is 5.69 Å². The van der Waals surface area contributed by atoms with Gasteiger partial charge in [0.05, 0.1) is 5.69 Å². The molecule has 2 unspecified atom stereocenters. The number of benzene rings is 2. The van der Waals surface area contributed by atoms with Crippen molar-refractivity contribution >= 4 is 17.7 Å². The van der Waals surface area contributed by atoms with Crippen molar-refractivity contribution in [2.24, 2.45) is 5.92 Å². The zero-order valence-corrected chi connectivity index (χ0v) is 17.6. The van der Waals surface area contributed by atoms with Crippen LogP contribution in [0.1, 0.15) is 52.0 Å². The van der Waals surface area contributed by atoms with Crippen LogP contribution in [0.5, 0.6) is 0 Å². The Labute approximate surface area is 175 Å². The number of rotatable bonds is 3. The van der Waals surface area contributed by atoms with Crippen molar-refractivity contribution in [1.29, 1.82) is 0 Å². The van der Waals surface area contributed by atoms with Crippen LogP contribution in [0.25, 0.3) is 11.1 Å². The topological polar surface area (TPSA) is 66.8 Å². The Morgan fingerprint density at radius 3 is 2.23 bits per heavy atom. The SMILES string of the molecule is CC(C)(C)OC(=O)N1c2cc(-c3ccc(F)cc3)ccc2C(C2CC2)C1(C)C(=O)O. The third kappa shape index (κ3) is 3.34. The van der Waals surface area contributed by atoms with Gasteiger partial charge in [-0.3, -0.25) is 4.90 Å². The second-order valence-electron chi connectivity index (χ2n) is 9.36. The number of halogens is 1. The van der Waals surface area contributed by atoms with Crippen molar-refractivity contribution in [3.05, 3.63) is 53.8 Å². The summed E-state index contributed by atoms with van der Waals surface area (Å²) in [6.45, 7) is 6.88. The number of hydrogen-bond donors (Lipinski definition) is 1. The summed E-state index contributed by atoms with van der Waals surface area (Å²) in [5.41, 5.74) is 0.768. The lowest BCUT2D eigenvalue weighted by molar-refractivity contribution is -0.143. The van der Waals surface area contributed by atoms with Crippen LogP contribution in [-0.4, -0.2) is 28.3 Å². The monoisotopic (exact) mass is 411 g/mol. The molecule has 5 nitrogen and oxygen atoms in total. The predicted molar refractivity (Wildman–Crippen MR) is 112 cm³/mol. The first kappa shape index (κ1) is 20.4. The van der Waals surface area contributed by atoms with Gasteiger partial charge in [0.15, 0.2) is 5.54 Å². The van der Waals surface area contributed by atoms with E-state index in [1.54, 1.807) is 39.8 Å². The van der Waals surface area contributed by atoms with E-state index >= 15 is 0 Å². The van der Waals surface area contributed by atoms with Crippen molar-refractivity contribution in [3.8, 4) is 11.1 Å². The summed E-state index contributed by atoms with van der Waals surface area (Å²) < 4.78 is 19.0. The Morgan fingerprint density at radius 2 is 1.70 bits per heavy atom. The van der Waals surface area contributed by atoms with Gasteiger partial charge in [-0.1, -0.05) is 24.3 Å². The summed E-state index contributed by atoms with van der Waals surface area (Å²) in [6, 6.07) is 11.7. The summed E-state index contributed by atoms with van der Waals surface area (Å²) in [7, 11) is 0. The van der Waals surface area contributed by atoms with Crippen LogP contribution in [0.4, 0.5) is 14.9 Å². The van der Waals surface area contributed by atoms with Gasteiger partial charge in [0.1, 0.15) is 11.4 Å². The summed E-state index contributed by atoms with van der Waals surface area (Å²) >= 11 is 0. The predicted octanol–water partition coefficient (Wildman–Crippen LogP) is 5.58. The molecular weight excluding hydrogens is 385 g/mol. The molecule has 1 saturated carbocycles. The highest BCUT2D eigenvalue weighted by molar-refractivity contribution is 6.03. The van der Waals surface area contributed by atoms with Gasteiger partial charge in [-0.25, -0.2) is 14.0 Å². The highest BCUT2D eigenvalue weighted by atomic mass is 19.1. The van der Waals surface area contributed by atoms with Gasteiger partial charge in [-0.05, 0) is 81.3 Å². The lowest BCUT2D eigenvalue weighted by atomic mass is 9.80. The van der Waals surface area contributed by atoms with Gasteiger partial charge in [0.2, 0.25) is 0 Å². The van der Waals surface area contributed by atoms with Gasteiger partial charge in [-0.15, -0.1) is 0 Å². The zero-order chi connectivity index (χ0) is 21.8. The fraction of sp³-hybridized carbons (Fsp3) is 0.417. The smallest absolute Gasteiger partial charge is 0.415 e.